The topological polar surface area (TPSA) is 30.5 Å². The lowest BCUT2D eigenvalue weighted by Gasteiger charge is -2.26. The second-order valence-electron chi connectivity index (χ2n) is 4.50. The van der Waals surface area contributed by atoms with Gasteiger partial charge in [0.1, 0.15) is 0 Å². The minimum absolute atomic E-state index is 0.296. The zero-order valence-electron chi connectivity index (χ0n) is 12.1. The molecular weight excluding hydrogens is 226 g/mol. The molecule has 1 aromatic carbocycles. The molecule has 0 amide bonds. The van der Waals surface area contributed by atoms with E-state index < -0.39 is 0 Å². The largest absolute Gasteiger partial charge is 0.493 e. The number of hydrogen-bond donors (Lipinski definition) is 1. The Morgan fingerprint density at radius 1 is 1.17 bits per heavy atom. The molecule has 3 heteroatoms. The summed E-state index contributed by atoms with van der Waals surface area (Å²) < 4.78 is 10.9. The van der Waals surface area contributed by atoms with Gasteiger partial charge in [-0.1, -0.05) is 39.3 Å². The third kappa shape index (κ3) is 3.16. The highest BCUT2D eigenvalue weighted by Gasteiger charge is 2.22. The Bertz CT molecular complexity index is 366. The van der Waals surface area contributed by atoms with Gasteiger partial charge in [-0.2, -0.15) is 0 Å². The molecule has 1 aromatic rings. The van der Waals surface area contributed by atoms with Crippen LogP contribution in [0.25, 0.3) is 0 Å². The molecule has 0 bridgehead atoms. The number of para-hydroxylation sites is 1. The minimum atomic E-state index is 0.296. The molecular formula is C15H25NO2. The van der Waals surface area contributed by atoms with Crippen LogP contribution in [0.5, 0.6) is 11.5 Å². The molecule has 0 aliphatic carbocycles. The van der Waals surface area contributed by atoms with Crippen molar-refractivity contribution in [2.75, 3.05) is 20.8 Å². The summed E-state index contributed by atoms with van der Waals surface area (Å²) in [5.74, 6) is 2.18. The Balaban J connectivity index is 3.18. The molecule has 0 saturated heterocycles. The first-order valence-electron chi connectivity index (χ1n) is 6.63. The van der Waals surface area contributed by atoms with E-state index in [1.54, 1.807) is 14.2 Å². The molecule has 3 nitrogen and oxygen atoms in total. The van der Waals surface area contributed by atoms with E-state index in [2.05, 4.69) is 32.2 Å². The molecule has 2 unspecified atom stereocenters. The number of nitrogens with one attached hydrogen (secondary N) is 1. The molecule has 1 rings (SSSR count). The first-order valence-corrected chi connectivity index (χ1v) is 6.63. The normalized spacial score (nSPS) is 14.1. The van der Waals surface area contributed by atoms with Crippen molar-refractivity contribution in [3.63, 3.8) is 0 Å². The summed E-state index contributed by atoms with van der Waals surface area (Å²) in [6, 6.07) is 6.36. The van der Waals surface area contributed by atoms with Crippen LogP contribution in [0.4, 0.5) is 0 Å². The highest BCUT2D eigenvalue weighted by atomic mass is 16.5. The SMILES string of the molecule is CCNC(c1cccc(OC)c1OC)C(C)CC. The molecule has 0 spiro atoms. The fraction of sp³-hybridized carbons (Fsp3) is 0.600. The van der Waals surface area contributed by atoms with E-state index in [-0.39, 0.29) is 0 Å². The Morgan fingerprint density at radius 2 is 1.89 bits per heavy atom. The number of methoxy groups -OCH3 is 2. The molecule has 0 fully saturated rings. The number of hydrogen-bond acceptors (Lipinski definition) is 3. The van der Waals surface area contributed by atoms with Crippen molar-refractivity contribution >= 4 is 0 Å². The van der Waals surface area contributed by atoms with Gasteiger partial charge in [-0.15, -0.1) is 0 Å². The maximum absolute atomic E-state index is 5.52. The van der Waals surface area contributed by atoms with E-state index in [1.165, 1.54) is 5.56 Å². The Labute approximate surface area is 110 Å². The summed E-state index contributed by atoms with van der Waals surface area (Å²) in [5.41, 5.74) is 1.17. The number of rotatable bonds is 7. The lowest BCUT2D eigenvalue weighted by atomic mass is 9.91. The van der Waals surface area contributed by atoms with Crippen molar-refractivity contribution in [2.45, 2.75) is 33.2 Å². The molecule has 2 atom stereocenters. The second-order valence-corrected chi connectivity index (χ2v) is 4.50. The van der Waals surface area contributed by atoms with Crippen LogP contribution in [0.3, 0.4) is 0 Å². The van der Waals surface area contributed by atoms with Crippen LogP contribution in [-0.4, -0.2) is 20.8 Å². The monoisotopic (exact) mass is 251 g/mol. The molecule has 0 radical (unpaired) electrons. The van der Waals surface area contributed by atoms with Crippen LogP contribution in [-0.2, 0) is 0 Å². The standard InChI is InChI=1S/C15H25NO2/c1-6-11(3)14(16-7-2)12-9-8-10-13(17-4)15(12)18-5/h8-11,14,16H,6-7H2,1-5H3. The zero-order chi connectivity index (χ0) is 13.5. The number of ether oxygens (including phenoxy) is 2. The Kier molecular flexibility index (Phi) is 5.99. The van der Waals surface area contributed by atoms with Crippen molar-refractivity contribution in [3.8, 4) is 11.5 Å². The van der Waals surface area contributed by atoms with Gasteiger partial charge in [0.05, 0.1) is 14.2 Å². The number of benzene rings is 1. The van der Waals surface area contributed by atoms with E-state index in [0.29, 0.717) is 12.0 Å². The van der Waals surface area contributed by atoms with Gasteiger partial charge in [0, 0.05) is 11.6 Å². The third-order valence-corrected chi connectivity index (χ3v) is 3.41. The lowest BCUT2D eigenvalue weighted by molar-refractivity contribution is 0.330. The molecule has 0 aliphatic rings. The predicted octanol–water partition coefficient (Wildman–Crippen LogP) is 3.40. The predicted molar refractivity (Wildman–Crippen MR) is 75.4 cm³/mol. The molecule has 102 valence electrons. The van der Waals surface area contributed by atoms with Gasteiger partial charge in [-0.3, -0.25) is 0 Å². The molecule has 0 saturated carbocycles. The highest BCUT2D eigenvalue weighted by molar-refractivity contribution is 5.48. The smallest absolute Gasteiger partial charge is 0.165 e. The van der Waals surface area contributed by atoms with Gasteiger partial charge in [0.2, 0.25) is 0 Å². The molecule has 1 N–H and O–H groups in total. The summed E-state index contributed by atoms with van der Waals surface area (Å²) in [6.45, 7) is 7.53. The fourth-order valence-corrected chi connectivity index (χ4v) is 2.23. The molecule has 0 aliphatic heterocycles. The van der Waals surface area contributed by atoms with E-state index in [9.17, 15) is 0 Å². The highest BCUT2D eigenvalue weighted by Crippen LogP contribution is 2.37. The van der Waals surface area contributed by atoms with Crippen LogP contribution in [0.15, 0.2) is 18.2 Å². The van der Waals surface area contributed by atoms with Crippen LogP contribution in [0.1, 0.15) is 38.8 Å². The van der Waals surface area contributed by atoms with Crippen LogP contribution >= 0.6 is 0 Å². The van der Waals surface area contributed by atoms with Crippen LogP contribution in [0, 0.1) is 5.92 Å². The minimum Gasteiger partial charge on any atom is -0.493 e. The van der Waals surface area contributed by atoms with Gasteiger partial charge in [0.25, 0.3) is 0 Å². The van der Waals surface area contributed by atoms with E-state index in [1.807, 2.05) is 12.1 Å². The first kappa shape index (κ1) is 14.8. The molecule has 0 heterocycles. The zero-order valence-corrected chi connectivity index (χ0v) is 12.1. The summed E-state index contributed by atoms with van der Waals surface area (Å²) in [5, 5.41) is 3.54. The third-order valence-electron chi connectivity index (χ3n) is 3.41. The van der Waals surface area contributed by atoms with Gasteiger partial charge in [-0.25, -0.2) is 0 Å². The van der Waals surface area contributed by atoms with Crippen LogP contribution in [0.2, 0.25) is 0 Å². The fourth-order valence-electron chi connectivity index (χ4n) is 2.23. The van der Waals surface area contributed by atoms with Crippen molar-refractivity contribution < 1.29 is 9.47 Å². The van der Waals surface area contributed by atoms with E-state index in [4.69, 9.17) is 9.47 Å². The summed E-state index contributed by atoms with van der Waals surface area (Å²) in [6.07, 6.45) is 1.12. The summed E-state index contributed by atoms with van der Waals surface area (Å²) in [4.78, 5) is 0. The molecule has 18 heavy (non-hydrogen) atoms. The maximum atomic E-state index is 5.52. The maximum Gasteiger partial charge on any atom is 0.165 e. The van der Waals surface area contributed by atoms with Crippen molar-refractivity contribution in [1.29, 1.82) is 0 Å². The second kappa shape index (κ2) is 7.27. The quantitative estimate of drug-likeness (QED) is 0.805. The van der Waals surface area contributed by atoms with Gasteiger partial charge in [0.15, 0.2) is 11.5 Å². The van der Waals surface area contributed by atoms with E-state index >= 15 is 0 Å². The average Bonchev–Trinajstić information content (AvgIpc) is 2.42. The average molecular weight is 251 g/mol. The van der Waals surface area contributed by atoms with Gasteiger partial charge >= 0.3 is 0 Å². The summed E-state index contributed by atoms with van der Waals surface area (Å²) >= 11 is 0. The first-order chi connectivity index (χ1) is 8.69. The van der Waals surface area contributed by atoms with E-state index in [0.717, 1.165) is 24.5 Å². The van der Waals surface area contributed by atoms with Crippen molar-refractivity contribution in [2.24, 2.45) is 5.92 Å². The van der Waals surface area contributed by atoms with Gasteiger partial charge in [-0.05, 0) is 18.5 Å². The van der Waals surface area contributed by atoms with Crippen molar-refractivity contribution in [1.82, 2.24) is 5.32 Å². The summed E-state index contributed by atoms with van der Waals surface area (Å²) in [7, 11) is 3.37. The van der Waals surface area contributed by atoms with Crippen molar-refractivity contribution in [3.05, 3.63) is 23.8 Å². The molecule has 0 aromatic heterocycles. The Morgan fingerprint density at radius 3 is 2.39 bits per heavy atom. The lowest BCUT2D eigenvalue weighted by Crippen LogP contribution is -2.27. The Hall–Kier alpha value is -1.22. The van der Waals surface area contributed by atoms with Gasteiger partial charge < -0.3 is 14.8 Å². The van der Waals surface area contributed by atoms with Crippen LogP contribution < -0.4 is 14.8 Å².